The van der Waals surface area contributed by atoms with Gasteiger partial charge >= 0.3 is 0 Å². The molecule has 0 saturated heterocycles. The second-order valence-corrected chi connectivity index (χ2v) is 6.41. The monoisotopic (exact) mass is 429 g/mol. The summed E-state index contributed by atoms with van der Waals surface area (Å²) < 4.78 is 20.4. The fraction of sp³-hybridized carbons (Fsp3) is 0.188. The number of aryl methyl sites for hydroxylation is 1. The highest BCUT2D eigenvalue weighted by Gasteiger charge is 2.09. The van der Waals surface area contributed by atoms with Crippen LogP contribution in [0.15, 0.2) is 45.3 Å². The number of hydrogen-bond acceptors (Lipinski definition) is 2. The van der Waals surface area contributed by atoms with E-state index >= 15 is 0 Å². The minimum Gasteiger partial charge on any atom is -0.481 e. The molecule has 0 heterocycles. The molecule has 0 aliphatic heterocycles. The lowest BCUT2D eigenvalue weighted by Gasteiger charge is -2.10. The molecule has 0 aromatic heterocycles. The number of halogens is 3. The lowest BCUT2D eigenvalue weighted by Crippen LogP contribution is -2.28. The Labute approximate surface area is 145 Å². The van der Waals surface area contributed by atoms with Crippen molar-refractivity contribution in [1.29, 1.82) is 0 Å². The minimum atomic E-state index is -0.278. The lowest BCUT2D eigenvalue weighted by atomic mass is 10.1. The molecule has 22 heavy (non-hydrogen) atoms. The summed E-state index contributed by atoms with van der Waals surface area (Å²) in [4.78, 5) is 11.8. The van der Waals surface area contributed by atoms with Crippen LogP contribution >= 0.6 is 31.9 Å². The van der Waals surface area contributed by atoms with Crippen molar-refractivity contribution in [3.63, 3.8) is 0 Å². The van der Waals surface area contributed by atoms with Crippen molar-refractivity contribution in [3.05, 3.63) is 62.3 Å². The van der Waals surface area contributed by atoms with Crippen LogP contribution in [0.3, 0.4) is 0 Å². The smallest absolute Gasteiger partial charge is 0.258 e. The van der Waals surface area contributed by atoms with Crippen LogP contribution in [0, 0.1) is 12.7 Å². The molecule has 6 heteroatoms. The first kappa shape index (κ1) is 17.0. The van der Waals surface area contributed by atoms with Gasteiger partial charge in [0, 0.05) is 6.54 Å². The molecule has 2 aromatic rings. The normalized spacial score (nSPS) is 10.4. The van der Waals surface area contributed by atoms with Crippen LogP contribution in [0.2, 0.25) is 0 Å². The fourth-order valence-electron chi connectivity index (χ4n) is 1.76. The Balaban J connectivity index is 1.87. The van der Waals surface area contributed by atoms with Crippen LogP contribution in [0.4, 0.5) is 4.39 Å². The Kier molecular flexibility index (Phi) is 5.97. The molecule has 0 radical (unpaired) electrons. The van der Waals surface area contributed by atoms with Gasteiger partial charge in [-0.2, -0.15) is 0 Å². The number of hydrogen-bond donors (Lipinski definition) is 1. The molecule has 3 nitrogen and oxygen atoms in total. The maximum Gasteiger partial charge on any atom is 0.258 e. The topological polar surface area (TPSA) is 38.3 Å². The minimum absolute atomic E-state index is 0.116. The van der Waals surface area contributed by atoms with Crippen molar-refractivity contribution in [2.24, 2.45) is 0 Å². The van der Waals surface area contributed by atoms with Crippen LogP contribution in [-0.2, 0) is 11.3 Å². The molecule has 0 fully saturated rings. The van der Waals surface area contributed by atoms with Crippen molar-refractivity contribution in [1.82, 2.24) is 5.32 Å². The van der Waals surface area contributed by atoms with E-state index in [1.165, 1.54) is 6.07 Å². The molecule has 1 amide bonds. The third-order valence-electron chi connectivity index (χ3n) is 2.99. The zero-order chi connectivity index (χ0) is 16.1. The predicted molar refractivity (Wildman–Crippen MR) is 90.3 cm³/mol. The van der Waals surface area contributed by atoms with Crippen LogP contribution < -0.4 is 10.1 Å². The summed E-state index contributed by atoms with van der Waals surface area (Å²) in [5, 5.41) is 2.69. The average Bonchev–Trinajstić information content (AvgIpc) is 2.48. The number of carbonyl (C=O) groups is 1. The predicted octanol–water partition coefficient (Wildman–Crippen LogP) is 4.35. The summed E-state index contributed by atoms with van der Waals surface area (Å²) in [5.41, 5.74) is 1.29. The maximum absolute atomic E-state index is 13.4. The molecule has 0 aliphatic carbocycles. The van der Waals surface area contributed by atoms with Crippen LogP contribution in [-0.4, -0.2) is 12.5 Å². The first-order valence-corrected chi connectivity index (χ1v) is 8.14. The van der Waals surface area contributed by atoms with Gasteiger partial charge < -0.3 is 10.1 Å². The van der Waals surface area contributed by atoms with E-state index in [-0.39, 0.29) is 24.9 Å². The Bertz CT molecular complexity index is 672. The van der Waals surface area contributed by atoms with E-state index in [0.717, 1.165) is 8.95 Å². The van der Waals surface area contributed by atoms with Gasteiger partial charge in [0.2, 0.25) is 0 Å². The van der Waals surface area contributed by atoms with Gasteiger partial charge in [-0.05, 0) is 68.1 Å². The zero-order valence-corrected chi connectivity index (χ0v) is 15.0. The summed E-state index contributed by atoms with van der Waals surface area (Å²) in [6.07, 6.45) is 0. The van der Waals surface area contributed by atoms with Crippen molar-refractivity contribution in [2.45, 2.75) is 13.5 Å². The van der Waals surface area contributed by atoms with Gasteiger partial charge in [0.15, 0.2) is 6.61 Å². The summed E-state index contributed by atoms with van der Waals surface area (Å²) in [6, 6.07) is 10.4. The van der Waals surface area contributed by atoms with Gasteiger partial charge in [0.25, 0.3) is 5.91 Å². The van der Waals surface area contributed by atoms with Gasteiger partial charge in [-0.25, -0.2) is 4.39 Å². The standard InChI is InChI=1S/C16H14Br2FNO2/c1-10-5-6-11(7-14(10)19)8-20-15(21)9-22-16-12(17)3-2-4-13(16)18/h2-7H,8-9H2,1H3,(H,20,21). The van der Waals surface area contributed by atoms with Crippen molar-refractivity contribution in [3.8, 4) is 5.75 Å². The van der Waals surface area contributed by atoms with Gasteiger partial charge in [-0.15, -0.1) is 0 Å². The van der Waals surface area contributed by atoms with E-state index in [1.807, 2.05) is 18.2 Å². The Morgan fingerprint density at radius 1 is 1.23 bits per heavy atom. The summed E-state index contributed by atoms with van der Waals surface area (Å²) >= 11 is 6.72. The van der Waals surface area contributed by atoms with E-state index in [4.69, 9.17) is 4.74 Å². The molecular weight excluding hydrogens is 417 g/mol. The number of carbonyl (C=O) groups excluding carboxylic acids is 1. The summed E-state index contributed by atoms with van der Waals surface area (Å²) in [7, 11) is 0. The quantitative estimate of drug-likeness (QED) is 0.765. The van der Waals surface area contributed by atoms with Gasteiger partial charge in [0.05, 0.1) is 8.95 Å². The number of para-hydroxylation sites is 1. The second kappa shape index (κ2) is 7.74. The molecular formula is C16H14Br2FNO2. The van der Waals surface area contributed by atoms with E-state index < -0.39 is 0 Å². The maximum atomic E-state index is 13.4. The zero-order valence-electron chi connectivity index (χ0n) is 11.8. The SMILES string of the molecule is Cc1ccc(CNC(=O)COc2c(Br)cccc2Br)cc1F. The molecule has 0 spiro atoms. The van der Waals surface area contributed by atoms with E-state index in [2.05, 4.69) is 37.2 Å². The molecule has 116 valence electrons. The van der Waals surface area contributed by atoms with Gasteiger partial charge in [-0.3, -0.25) is 4.79 Å². The number of rotatable bonds is 5. The van der Waals surface area contributed by atoms with Crippen LogP contribution in [0.1, 0.15) is 11.1 Å². The van der Waals surface area contributed by atoms with E-state index in [9.17, 15) is 9.18 Å². The van der Waals surface area contributed by atoms with E-state index in [1.54, 1.807) is 19.1 Å². The second-order valence-electron chi connectivity index (χ2n) is 4.70. The number of amides is 1. The molecule has 0 atom stereocenters. The van der Waals surface area contributed by atoms with Crippen molar-refractivity contribution < 1.29 is 13.9 Å². The highest BCUT2D eigenvalue weighted by molar-refractivity contribution is 9.11. The molecule has 0 aliphatic rings. The molecule has 0 bridgehead atoms. The van der Waals surface area contributed by atoms with Gasteiger partial charge in [-0.1, -0.05) is 18.2 Å². The number of nitrogens with one attached hydrogen (secondary N) is 1. The highest BCUT2D eigenvalue weighted by atomic mass is 79.9. The Morgan fingerprint density at radius 2 is 1.91 bits per heavy atom. The lowest BCUT2D eigenvalue weighted by molar-refractivity contribution is -0.123. The van der Waals surface area contributed by atoms with Crippen LogP contribution in [0.5, 0.6) is 5.75 Å². The third kappa shape index (κ3) is 4.55. The molecule has 2 aromatic carbocycles. The Hall–Kier alpha value is -1.40. The van der Waals surface area contributed by atoms with Crippen molar-refractivity contribution >= 4 is 37.8 Å². The first-order valence-electron chi connectivity index (χ1n) is 6.56. The largest absolute Gasteiger partial charge is 0.481 e. The number of ether oxygens (including phenoxy) is 1. The molecule has 0 unspecified atom stereocenters. The molecule has 2 rings (SSSR count). The summed E-state index contributed by atoms with van der Waals surface area (Å²) in [6.45, 7) is 1.84. The molecule has 0 saturated carbocycles. The van der Waals surface area contributed by atoms with Crippen LogP contribution in [0.25, 0.3) is 0 Å². The fourth-order valence-corrected chi connectivity index (χ4v) is 2.98. The first-order chi connectivity index (χ1) is 10.5. The highest BCUT2D eigenvalue weighted by Crippen LogP contribution is 2.32. The third-order valence-corrected chi connectivity index (χ3v) is 4.24. The van der Waals surface area contributed by atoms with E-state index in [0.29, 0.717) is 16.9 Å². The molecule has 1 N–H and O–H groups in total. The number of benzene rings is 2. The Morgan fingerprint density at radius 3 is 2.55 bits per heavy atom. The van der Waals surface area contributed by atoms with Crippen molar-refractivity contribution in [2.75, 3.05) is 6.61 Å². The van der Waals surface area contributed by atoms with Gasteiger partial charge in [0.1, 0.15) is 11.6 Å². The average molecular weight is 431 g/mol. The summed E-state index contributed by atoms with van der Waals surface area (Å²) in [5.74, 6) is 0.0165.